The van der Waals surface area contributed by atoms with Crippen molar-refractivity contribution in [1.29, 1.82) is 0 Å². The van der Waals surface area contributed by atoms with Gasteiger partial charge in [-0.3, -0.25) is 4.79 Å². The number of nitrogens with two attached hydrogens (primary N) is 1. The van der Waals surface area contributed by atoms with Crippen LogP contribution in [0.5, 0.6) is 0 Å². The summed E-state index contributed by atoms with van der Waals surface area (Å²) in [4.78, 5) is 12.0. The van der Waals surface area contributed by atoms with Crippen molar-refractivity contribution >= 4 is 27.5 Å². The number of nitrogen functional groups attached to an aromatic ring is 1. The van der Waals surface area contributed by atoms with E-state index < -0.39 is 0 Å². The van der Waals surface area contributed by atoms with Crippen molar-refractivity contribution in [2.45, 2.75) is 33.2 Å². The van der Waals surface area contributed by atoms with Crippen LogP contribution in [0.1, 0.15) is 37.6 Å². The third-order valence-electron chi connectivity index (χ3n) is 2.44. The molecule has 17 heavy (non-hydrogen) atoms. The molecular formula is C13H19BrN2O. The van der Waals surface area contributed by atoms with E-state index in [0.29, 0.717) is 17.2 Å². The second-order valence-corrected chi connectivity index (χ2v) is 5.60. The van der Waals surface area contributed by atoms with E-state index in [2.05, 4.69) is 35.1 Å². The minimum atomic E-state index is -0.0858. The lowest BCUT2D eigenvalue weighted by molar-refractivity contribution is 0.0935. The molecule has 1 aromatic rings. The molecule has 1 amide bonds. The van der Waals surface area contributed by atoms with Crippen LogP contribution in [0.4, 0.5) is 5.69 Å². The molecule has 1 rings (SSSR count). The number of amides is 1. The molecule has 0 spiro atoms. The first-order chi connectivity index (χ1) is 7.90. The van der Waals surface area contributed by atoms with Gasteiger partial charge in [-0.15, -0.1) is 0 Å². The molecule has 0 bridgehead atoms. The lowest BCUT2D eigenvalue weighted by Gasteiger charge is -2.16. The van der Waals surface area contributed by atoms with E-state index in [0.717, 1.165) is 10.9 Å². The number of rotatable bonds is 4. The Bertz CT molecular complexity index is 404. The Hall–Kier alpha value is -1.03. The number of anilines is 1. The molecule has 0 radical (unpaired) electrons. The van der Waals surface area contributed by atoms with Crippen LogP contribution in [0.25, 0.3) is 0 Å². The highest BCUT2D eigenvalue weighted by Crippen LogP contribution is 2.19. The molecule has 1 atom stereocenters. The maximum atomic E-state index is 12.0. The highest BCUT2D eigenvalue weighted by Gasteiger charge is 2.13. The predicted molar refractivity (Wildman–Crippen MR) is 74.9 cm³/mol. The minimum absolute atomic E-state index is 0.0858. The van der Waals surface area contributed by atoms with E-state index in [-0.39, 0.29) is 11.9 Å². The second-order valence-electron chi connectivity index (χ2n) is 4.74. The highest BCUT2D eigenvalue weighted by molar-refractivity contribution is 9.10. The maximum absolute atomic E-state index is 12.0. The van der Waals surface area contributed by atoms with Crippen molar-refractivity contribution in [2.24, 2.45) is 5.92 Å². The van der Waals surface area contributed by atoms with E-state index in [1.807, 2.05) is 6.92 Å². The van der Waals surface area contributed by atoms with Crippen LogP contribution in [0.3, 0.4) is 0 Å². The van der Waals surface area contributed by atoms with Crippen LogP contribution < -0.4 is 11.1 Å². The van der Waals surface area contributed by atoms with Gasteiger partial charge in [-0.1, -0.05) is 13.8 Å². The first-order valence-electron chi connectivity index (χ1n) is 5.76. The van der Waals surface area contributed by atoms with E-state index in [1.165, 1.54) is 0 Å². The van der Waals surface area contributed by atoms with Crippen LogP contribution in [-0.2, 0) is 0 Å². The average molecular weight is 299 g/mol. The van der Waals surface area contributed by atoms with Gasteiger partial charge in [-0.05, 0) is 53.4 Å². The van der Waals surface area contributed by atoms with Crippen LogP contribution in [-0.4, -0.2) is 11.9 Å². The van der Waals surface area contributed by atoms with Crippen LogP contribution in [0, 0.1) is 5.92 Å². The molecule has 3 N–H and O–H groups in total. The number of carbonyl (C=O) groups is 1. The van der Waals surface area contributed by atoms with Gasteiger partial charge in [0.1, 0.15) is 0 Å². The fraction of sp³-hybridized carbons (Fsp3) is 0.462. The van der Waals surface area contributed by atoms with E-state index in [9.17, 15) is 4.79 Å². The Morgan fingerprint density at radius 1 is 1.41 bits per heavy atom. The molecule has 0 aliphatic heterocycles. The summed E-state index contributed by atoms with van der Waals surface area (Å²) >= 11 is 3.36. The van der Waals surface area contributed by atoms with Gasteiger partial charge in [0.05, 0.1) is 5.56 Å². The molecule has 0 saturated heterocycles. The summed E-state index contributed by atoms with van der Waals surface area (Å²) < 4.78 is 0.765. The number of benzene rings is 1. The summed E-state index contributed by atoms with van der Waals surface area (Å²) in [6.07, 6.45) is 0.964. The zero-order valence-corrected chi connectivity index (χ0v) is 12.0. The van der Waals surface area contributed by atoms with Gasteiger partial charge >= 0.3 is 0 Å². The molecule has 0 aliphatic rings. The van der Waals surface area contributed by atoms with Crippen molar-refractivity contribution in [1.82, 2.24) is 5.32 Å². The fourth-order valence-corrected chi connectivity index (χ4v) is 2.21. The number of hydrogen-bond donors (Lipinski definition) is 2. The normalized spacial score (nSPS) is 12.5. The predicted octanol–water partition coefficient (Wildman–Crippen LogP) is 3.20. The van der Waals surface area contributed by atoms with E-state index in [1.54, 1.807) is 18.2 Å². The van der Waals surface area contributed by atoms with Crippen molar-refractivity contribution < 1.29 is 4.79 Å². The monoisotopic (exact) mass is 298 g/mol. The molecule has 0 fully saturated rings. The van der Waals surface area contributed by atoms with Crippen molar-refractivity contribution in [3.05, 3.63) is 28.2 Å². The Labute approximate surface area is 111 Å². The molecule has 3 nitrogen and oxygen atoms in total. The molecule has 0 saturated carbocycles. The molecule has 4 heteroatoms. The molecule has 0 aliphatic carbocycles. The first-order valence-corrected chi connectivity index (χ1v) is 6.55. The molecule has 0 heterocycles. The lowest BCUT2D eigenvalue weighted by atomic mass is 10.0. The van der Waals surface area contributed by atoms with Gasteiger partial charge in [0.2, 0.25) is 0 Å². The standard InChI is InChI=1S/C13H19BrN2O/c1-8(2)6-9(3)16-13(17)11-7-10(15)4-5-12(11)14/h4-5,7-9H,6,15H2,1-3H3,(H,16,17). The minimum Gasteiger partial charge on any atom is -0.399 e. The van der Waals surface area contributed by atoms with Gasteiger partial charge < -0.3 is 11.1 Å². The third kappa shape index (κ3) is 4.38. The number of carbonyl (C=O) groups excluding carboxylic acids is 1. The van der Waals surface area contributed by atoms with Crippen LogP contribution >= 0.6 is 15.9 Å². The Kier molecular flexibility index (Phi) is 5.00. The lowest BCUT2D eigenvalue weighted by Crippen LogP contribution is -2.33. The Morgan fingerprint density at radius 2 is 2.06 bits per heavy atom. The summed E-state index contributed by atoms with van der Waals surface area (Å²) in [6.45, 7) is 6.29. The average Bonchev–Trinajstić information content (AvgIpc) is 2.20. The van der Waals surface area contributed by atoms with Gasteiger partial charge in [0, 0.05) is 16.2 Å². The topological polar surface area (TPSA) is 55.1 Å². The summed E-state index contributed by atoms with van der Waals surface area (Å²) in [5.41, 5.74) is 6.85. The van der Waals surface area contributed by atoms with Crippen molar-refractivity contribution in [3.63, 3.8) is 0 Å². The van der Waals surface area contributed by atoms with Gasteiger partial charge in [-0.25, -0.2) is 0 Å². The van der Waals surface area contributed by atoms with Crippen molar-refractivity contribution in [2.75, 3.05) is 5.73 Å². The summed E-state index contributed by atoms with van der Waals surface area (Å²) in [5.74, 6) is 0.479. The SMILES string of the molecule is CC(C)CC(C)NC(=O)c1cc(N)ccc1Br. The summed E-state index contributed by atoms with van der Waals surface area (Å²) in [7, 11) is 0. The van der Waals surface area contributed by atoms with E-state index >= 15 is 0 Å². The van der Waals surface area contributed by atoms with Gasteiger partial charge in [0.15, 0.2) is 0 Å². The molecule has 1 unspecified atom stereocenters. The molecular weight excluding hydrogens is 280 g/mol. The quantitative estimate of drug-likeness (QED) is 0.839. The molecule has 94 valence electrons. The fourth-order valence-electron chi connectivity index (χ4n) is 1.78. The number of nitrogens with one attached hydrogen (secondary N) is 1. The van der Waals surface area contributed by atoms with Crippen LogP contribution in [0.15, 0.2) is 22.7 Å². The van der Waals surface area contributed by atoms with E-state index in [4.69, 9.17) is 5.73 Å². The highest BCUT2D eigenvalue weighted by atomic mass is 79.9. The summed E-state index contributed by atoms with van der Waals surface area (Å²) in [5, 5.41) is 2.97. The number of hydrogen-bond acceptors (Lipinski definition) is 2. The Balaban J connectivity index is 2.73. The van der Waals surface area contributed by atoms with Gasteiger partial charge in [-0.2, -0.15) is 0 Å². The first kappa shape index (κ1) is 14.0. The summed E-state index contributed by atoms with van der Waals surface area (Å²) in [6, 6.07) is 5.40. The van der Waals surface area contributed by atoms with Gasteiger partial charge in [0.25, 0.3) is 5.91 Å². The second kappa shape index (κ2) is 6.05. The largest absolute Gasteiger partial charge is 0.399 e. The zero-order valence-electron chi connectivity index (χ0n) is 10.5. The Morgan fingerprint density at radius 3 is 2.65 bits per heavy atom. The maximum Gasteiger partial charge on any atom is 0.252 e. The number of halogens is 1. The molecule has 0 aromatic heterocycles. The zero-order chi connectivity index (χ0) is 13.0. The van der Waals surface area contributed by atoms with Crippen molar-refractivity contribution in [3.8, 4) is 0 Å². The van der Waals surface area contributed by atoms with Crippen LogP contribution in [0.2, 0.25) is 0 Å². The third-order valence-corrected chi connectivity index (χ3v) is 3.13. The molecule has 1 aromatic carbocycles. The smallest absolute Gasteiger partial charge is 0.252 e.